The lowest BCUT2D eigenvalue weighted by atomic mass is 10.0. The van der Waals surface area contributed by atoms with Crippen LogP contribution in [-0.4, -0.2) is 18.8 Å². The molecular weight excluding hydrogens is 222 g/mol. The average molecular weight is 239 g/mol. The van der Waals surface area contributed by atoms with Crippen molar-refractivity contribution in [2.75, 3.05) is 18.2 Å². The Morgan fingerprint density at radius 3 is 2.69 bits per heavy atom. The molecule has 0 aliphatic rings. The summed E-state index contributed by atoms with van der Waals surface area (Å²) in [5.74, 6) is 1.14. The first-order chi connectivity index (χ1) is 7.58. The van der Waals surface area contributed by atoms with Crippen molar-refractivity contribution in [2.45, 2.75) is 19.8 Å². The molecule has 0 heterocycles. The summed E-state index contributed by atoms with van der Waals surface area (Å²) >= 11 is 3.91. The second-order valence-corrected chi connectivity index (χ2v) is 4.14. The van der Waals surface area contributed by atoms with E-state index in [1.165, 1.54) is 5.56 Å². The second-order valence-electron chi connectivity index (χ2n) is 3.82. The zero-order valence-electron chi connectivity index (χ0n) is 9.78. The Labute approximate surface area is 102 Å². The molecule has 0 radical (unpaired) electrons. The predicted octanol–water partition coefficient (Wildman–Crippen LogP) is 2.69. The molecule has 0 spiro atoms. The number of nitrogens with one attached hydrogen (secondary N) is 1. The van der Waals surface area contributed by atoms with Crippen molar-refractivity contribution in [3.63, 3.8) is 0 Å². The van der Waals surface area contributed by atoms with Crippen molar-refractivity contribution < 1.29 is 9.53 Å². The summed E-state index contributed by atoms with van der Waals surface area (Å²) in [4.78, 5) is 11.2. The van der Waals surface area contributed by atoms with Gasteiger partial charge in [0.2, 0.25) is 5.91 Å². The Hall–Kier alpha value is -1.16. The van der Waals surface area contributed by atoms with Crippen LogP contribution in [0, 0.1) is 0 Å². The summed E-state index contributed by atoms with van der Waals surface area (Å²) in [7, 11) is 1.59. The Morgan fingerprint density at radius 1 is 1.50 bits per heavy atom. The molecule has 1 aromatic carbocycles. The van der Waals surface area contributed by atoms with E-state index in [1.807, 2.05) is 18.2 Å². The SMILES string of the molecule is COc1cc(C(C)C)ccc1NC(=O)CS. The minimum Gasteiger partial charge on any atom is -0.495 e. The summed E-state index contributed by atoms with van der Waals surface area (Å²) in [5.41, 5.74) is 1.87. The van der Waals surface area contributed by atoms with Crippen LogP contribution < -0.4 is 10.1 Å². The number of methoxy groups -OCH3 is 1. The predicted molar refractivity (Wildman–Crippen MR) is 69.6 cm³/mol. The first-order valence-corrected chi connectivity index (χ1v) is 5.80. The number of hydrogen-bond donors (Lipinski definition) is 2. The van der Waals surface area contributed by atoms with E-state index in [4.69, 9.17) is 4.74 Å². The Bertz CT molecular complexity index is 377. The van der Waals surface area contributed by atoms with E-state index < -0.39 is 0 Å². The van der Waals surface area contributed by atoms with E-state index in [0.717, 1.165) is 0 Å². The molecule has 88 valence electrons. The van der Waals surface area contributed by atoms with E-state index in [0.29, 0.717) is 17.4 Å². The fraction of sp³-hybridized carbons (Fsp3) is 0.417. The summed E-state index contributed by atoms with van der Waals surface area (Å²) in [6, 6.07) is 5.79. The van der Waals surface area contributed by atoms with Crippen molar-refractivity contribution in [2.24, 2.45) is 0 Å². The lowest BCUT2D eigenvalue weighted by Crippen LogP contribution is -2.13. The zero-order valence-corrected chi connectivity index (χ0v) is 10.7. The van der Waals surface area contributed by atoms with Crippen molar-refractivity contribution in [1.29, 1.82) is 0 Å². The second kappa shape index (κ2) is 5.80. The number of benzene rings is 1. The number of hydrogen-bond acceptors (Lipinski definition) is 3. The minimum absolute atomic E-state index is 0.140. The highest BCUT2D eigenvalue weighted by Gasteiger charge is 2.08. The third-order valence-electron chi connectivity index (χ3n) is 2.31. The smallest absolute Gasteiger partial charge is 0.234 e. The van der Waals surface area contributed by atoms with Crippen molar-refractivity contribution in [3.8, 4) is 5.75 Å². The van der Waals surface area contributed by atoms with Gasteiger partial charge in [-0.2, -0.15) is 12.6 Å². The molecule has 0 atom stereocenters. The molecule has 0 aromatic heterocycles. The molecule has 1 aromatic rings. The standard InChI is InChI=1S/C12H17NO2S/c1-8(2)9-4-5-10(11(6-9)15-3)13-12(14)7-16/h4-6,8,16H,7H2,1-3H3,(H,13,14). The van der Waals surface area contributed by atoms with Gasteiger partial charge in [-0.3, -0.25) is 4.79 Å². The highest BCUT2D eigenvalue weighted by atomic mass is 32.1. The van der Waals surface area contributed by atoms with Gasteiger partial charge in [0.1, 0.15) is 5.75 Å². The van der Waals surface area contributed by atoms with Crippen LogP contribution in [0.1, 0.15) is 25.3 Å². The average Bonchev–Trinajstić information content (AvgIpc) is 2.29. The van der Waals surface area contributed by atoms with Crippen LogP contribution in [0.4, 0.5) is 5.69 Å². The van der Waals surface area contributed by atoms with Crippen molar-refractivity contribution >= 4 is 24.2 Å². The largest absolute Gasteiger partial charge is 0.495 e. The van der Waals surface area contributed by atoms with Gasteiger partial charge in [0.05, 0.1) is 18.6 Å². The van der Waals surface area contributed by atoms with Crippen molar-refractivity contribution in [3.05, 3.63) is 23.8 Å². The number of anilines is 1. The number of ether oxygens (including phenoxy) is 1. The maximum atomic E-state index is 11.2. The van der Waals surface area contributed by atoms with Crippen molar-refractivity contribution in [1.82, 2.24) is 0 Å². The van der Waals surface area contributed by atoms with Gasteiger partial charge in [0.25, 0.3) is 0 Å². The van der Waals surface area contributed by atoms with Crippen LogP contribution in [0.15, 0.2) is 18.2 Å². The van der Waals surface area contributed by atoms with Crippen LogP contribution in [0.25, 0.3) is 0 Å². The summed E-state index contributed by atoms with van der Waals surface area (Å²) in [6.45, 7) is 4.22. The molecule has 3 nitrogen and oxygen atoms in total. The van der Waals surface area contributed by atoms with Gasteiger partial charge in [0, 0.05) is 0 Å². The third-order valence-corrected chi connectivity index (χ3v) is 2.60. The zero-order chi connectivity index (χ0) is 12.1. The van der Waals surface area contributed by atoms with Gasteiger partial charge < -0.3 is 10.1 Å². The van der Waals surface area contributed by atoms with Gasteiger partial charge >= 0.3 is 0 Å². The molecule has 0 saturated heterocycles. The summed E-state index contributed by atoms with van der Waals surface area (Å²) in [5, 5.41) is 2.74. The molecule has 0 bridgehead atoms. The number of thiol groups is 1. The van der Waals surface area contributed by atoms with Crippen LogP contribution in [0.3, 0.4) is 0 Å². The fourth-order valence-electron chi connectivity index (χ4n) is 1.36. The number of carbonyl (C=O) groups excluding carboxylic acids is 1. The molecule has 1 amide bonds. The maximum Gasteiger partial charge on any atom is 0.234 e. The molecular formula is C12H17NO2S. The molecule has 16 heavy (non-hydrogen) atoms. The molecule has 1 rings (SSSR count). The van der Waals surface area contributed by atoms with E-state index in [-0.39, 0.29) is 11.7 Å². The molecule has 0 unspecified atom stereocenters. The van der Waals surface area contributed by atoms with Crippen LogP contribution in [0.2, 0.25) is 0 Å². The maximum absolute atomic E-state index is 11.2. The number of amides is 1. The van der Waals surface area contributed by atoms with Crippen LogP contribution in [0.5, 0.6) is 5.75 Å². The lowest BCUT2D eigenvalue weighted by Gasteiger charge is -2.12. The van der Waals surface area contributed by atoms with E-state index in [9.17, 15) is 4.79 Å². The minimum atomic E-state index is -0.140. The third kappa shape index (κ3) is 3.17. The topological polar surface area (TPSA) is 38.3 Å². The normalized spacial score (nSPS) is 10.3. The summed E-state index contributed by atoms with van der Waals surface area (Å²) in [6.07, 6.45) is 0. The van der Waals surface area contributed by atoms with Gasteiger partial charge in [-0.1, -0.05) is 19.9 Å². The van der Waals surface area contributed by atoms with Gasteiger partial charge in [0.15, 0.2) is 0 Å². The van der Waals surface area contributed by atoms with Gasteiger partial charge in [-0.25, -0.2) is 0 Å². The van der Waals surface area contributed by atoms with Crippen LogP contribution >= 0.6 is 12.6 Å². The van der Waals surface area contributed by atoms with Crippen LogP contribution in [-0.2, 0) is 4.79 Å². The van der Waals surface area contributed by atoms with Gasteiger partial charge in [-0.05, 0) is 23.6 Å². The molecule has 0 saturated carbocycles. The summed E-state index contributed by atoms with van der Waals surface area (Å²) < 4.78 is 5.24. The van der Waals surface area contributed by atoms with E-state index in [2.05, 4.69) is 31.8 Å². The Kier molecular flexibility index (Phi) is 4.68. The Balaban J connectivity index is 2.97. The highest BCUT2D eigenvalue weighted by molar-refractivity contribution is 7.81. The monoisotopic (exact) mass is 239 g/mol. The Morgan fingerprint density at radius 2 is 2.19 bits per heavy atom. The van der Waals surface area contributed by atoms with E-state index >= 15 is 0 Å². The first-order valence-electron chi connectivity index (χ1n) is 5.17. The van der Waals surface area contributed by atoms with Gasteiger partial charge in [-0.15, -0.1) is 0 Å². The molecule has 4 heteroatoms. The molecule has 0 fully saturated rings. The lowest BCUT2D eigenvalue weighted by molar-refractivity contribution is -0.113. The van der Waals surface area contributed by atoms with E-state index in [1.54, 1.807) is 7.11 Å². The number of carbonyl (C=O) groups is 1. The molecule has 1 N–H and O–H groups in total. The quantitative estimate of drug-likeness (QED) is 0.793. The first kappa shape index (κ1) is 12.9. The molecule has 0 aliphatic carbocycles. The molecule has 0 aliphatic heterocycles. The number of rotatable bonds is 4. The fourth-order valence-corrected chi connectivity index (χ4v) is 1.44. The highest BCUT2D eigenvalue weighted by Crippen LogP contribution is 2.28.